The molecule has 36 heavy (non-hydrogen) atoms. The Hall–Kier alpha value is -3.11. The van der Waals surface area contributed by atoms with Crippen molar-refractivity contribution in [1.29, 1.82) is 0 Å². The van der Waals surface area contributed by atoms with Gasteiger partial charge in [-0.1, -0.05) is 24.6 Å². The zero-order valence-electron chi connectivity index (χ0n) is 20.8. The maximum absolute atomic E-state index is 13.2. The second-order valence-electron chi connectivity index (χ2n) is 9.39. The highest BCUT2D eigenvalue weighted by molar-refractivity contribution is 7.89. The van der Waals surface area contributed by atoms with E-state index in [4.69, 9.17) is 9.47 Å². The lowest BCUT2D eigenvalue weighted by molar-refractivity contribution is -0.125. The first-order valence-corrected chi connectivity index (χ1v) is 13.7. The quantitative estimate of drug-likeness (QED) is 0.559. The van der Waals surface area contributed by atoms with E-state index < -0.39 is 22.0 Å². The maximum atomic E-state index is 13.2. The second kappa shape index (κ2) is 10.9. The number of nitrogens with zero attached hydrogens (tertiary/aromatic N) is 1. The molecule has 2 aromatic carbocycles. The van der Waals surface area contributed by atoms with Crippen molar-refractivity contribution in [3.8, 4) is 11.5 Å². The highest BCUT2D eigenvalue weighted by Gasteiger charge is 2.36. The molecule has 2 aromatic rings. The van der Waals surface area contributed by atoms with Crippen LogP contribution in [-0.2, 0) is 14.8 Å². The minimum Gasteiger partial charge on any atom is -0.454 e. The number of hydrogen-bond donors (Lipinski definition) is 2. The number of amides is 2. The molecule has 10 heteroatoms. The summed E-state index contributed by atoms with van der Waals surface area (Å²) in [4.78, 5) is 26.6. The Kier molecular flexibility index (Phi) is 7.85. The molecule has 2 amide bonds. The van der Waals surface area contributed by atoms with Crippen LogP contribution in [0.5, 0.6) is 11.5 Å². The number of aryl methyl sites for hydroxylation is 1. The lowest BCUT2D eigenvalue weighted by atomic mass is 9.89. The van der Waals surface area contributed by atoms with Gasteiger partial charge in [0.25, 0.3) is 5.91 Å². The van der Waals surface area contributed by atoms with E-state index >= 15 is 0 Å². The average Bonchev–Trinajstić information content (AvgIpc) is 3.35. The number of carbonyl (C=O) groups is 2. The number of carbonyl (C=O) groups excluding carboxylic acids is 2. The van der Waals surface area contributed by atoms with Gasteiger partial charge in [-0.25, -0.2) is 8.42 Å². The van der Waals surface area contributed by atoms with Crippen molar-refractivity contribution in [3.63, 3.8) is 0 Å². The fourth-order valence-corrected chi connectivity index (χ4v) is 5.87. The van der Waals surface area contributed by atoms with Crippen LogP contribution >= 0.6 is 0 Å². The molecule has 0 radical (unpaired) electrons. The minimum absolute atomic E-state index is 0.0514. The van der Waals surface area contributed by atoms with Crippen molar-refractivity contribution in [2.45, 2.75) is 57.0 Å². The van der Waals surface area contributed by atoms with Gasteiger partial charge in [-0.15, -0.1) is 0 Å². The molecule has 1 saturated heterocycles. The Morgan fingerprint density at radius 3 is 2.36 bits per heavy atom. The number of piperidine rings is 1. The van der Waals surface area contributed by atoms with Gasteiger partial charge in [-0.05, 0) is 69.4 Å². The zero-order chi connectivity index (χ0) is 25.9. The summed E-state index contributed by atoms with van der Waals surface area (Å²) in [6.07, 6.45) is 1.65. The molecule has 0 unspecified atom stereocenters. The van der Waals surface area contributed by atoms with Gasteiger partial charge in [-0.3, -0.25) is 9.59 Å². The molecule has 194 valence electrons. The summed E-state index contributed by atoms with van der Waals surface area (Å²) in [5.74, 6) is 0.180. The van der Waals surface area contributed by atoms with Gasteiger partial charge in [0.15, 0.2) is 11.5 Å². The Morgan fingerprint density at radius 1 is 1.03 bits per heavy atom. The van der Waals surface area contributed by atoms with Gasteiger partial charge >= 0.3 is 0 Å². The topological polar surface area (TPSA) is 114 Å². The highest BCUT2D eigenvalue weighted by atomic mass is 32.2. The number of benzene rings is 2. The van der Waals surface area contributed by atoms with Crippen LogP contribution in [0.15, 0.2) is 47.4 Å². The SMILES string of the molecule is CC[C@H](C)NC(=O)[C@@H](NC(=O)c1ccc2c(c1)OCO2)C1CCN(S(=O)(=O)c2ccc(C)cc2)CC1. The van der Waals surface area contributed by atoms with E-state index in [1.807, 2.05) is 20.8 Å². The molecule has 2 N–H and O–H groups in total. The van der Waals surface area contributed by atoms with E-state index in [0.717, 1.165) is 12.0 Å². The molecule has 2 aliphatic rings. The standard InChI is InChI=1S/C26H33N3O6S/c1-4-18(3)27-26(31)24(28-25(30)20-7-10-22-23(15-20)35-16-34-22)19-11-13-29(14-12-19)36(32,33)21-8-5-17(2)6-9-21/h5-10,15,18-19,24H,4,11-14,16H2,1-3H3,(H,27,31)(H,28,30)/t18-,24-/m0/s1. The molecule has 2 aliphatic heterocycles. The maximum Gasteiger partial charge on any atom is 0.252 e. The summed E-state index contributed by atoms with van der Waals surface area (Å²) in [5, 5.41) is 5.87. The molecular formula is C26H33N3O6S. The number of nitrogens with one attached hydrogen (secondary N) is 2. The summed E-state index contributed by atoms with van der Waals surface area (Å²) in [5.41, 5.74) is 1.35. The fraction of sp³-hybridized carbons (Fsp3) is 0.462. The first-order valence-electron chi connectivity index (χ1n) is 12.3. The molecule has 0 aromatic heterocycles. The van der Waals surface area contributed by atoms with Gasteiger partial charge in [-0.2, -0.15) is 4.31 Å². The van der Waals surface area contributed by atoms with Crippen LogP contribution in [0.3, 0.4) is 0 Å². The van der Waals surface area contributed by atoms with Crippen molar-refractivity contribution in [2.24, 2.45) is 5.92 Å². The van der Waals surface area contributed by atoms with Crippen molar-refractivity contribution in [3.05, 3.63) is 53.6 Å². The zero-order valence-corrected chi connectivity index (χ0v) is 21.6. The van der Waals surface area contributed by atoms with Crippen LogP contribution in [0.2, 0.25) is 0 Å². The lowest BCUT2D eigenvalue weighted by Crippen LogP contribution is -2.55. The summed E-state index contributed by atoms with van der Waals surface area (Å²) < 4.78 is 38.3. The van der Waals surface area contributed by atoms with Crippen molar-refractivity contribution in [1.82, 2.24) is 14.9 Å². The molecule has 0 bridgehead atoms. The van der Waals surface area contributed by atoms with Crippen LogP contribution in [0.25, 0.3) is 0 Å². The fourth-order valence-electron chi connectivity index (χ4n) is 4.40. The highest BCUT2D eigenvalue weighted by Crippen LogP contribution is 2.33. The van der Waals surface area contributed by atoms with E-state index in [9.17, 15) is 18.0 Å². The van der Waals surface area contributed by atoms with Crippen molar-refractivity contribution < 1.29 is 27.5 Å². The van der Waals surface area contributed by atoms with Crippen LogP contribution in [0, 0.1) is 12.8 Å². The predicted octanol–water partition coefficient (Wildman–Crippen LogP) is 2.84. The number of sulfonamides is 1. The van der Waals surface area contributed by atoms with Gasteiger partial charge in [0.2, 0.25) is 22.7 Å². The number of rotatable bonds is 8. The molecule has 2 heterocycles. The van der Waals surface area contributed by atoms with Gasteiger partial charge in [0.1, 0.15) is 6.04 Å². The lowest BCUT2D eigenvalue weighted by Gasteiger charge is -2.35. The third-order valence-electron chi connectivity index (χ3n) is 6.83. The normalized spacial score (nSPS) is 17.9. The Bertz CT molecular complexity index is 1210. The largest absolute Gasteiger partial charge is 0.454 e. The van der Waals surface area contributed by atoms with Crippen molar-refractivity contribution >= 4 is 21.8 Å². The van der Waals surface area contributed by atoms with E-state index in [2.05, 4.69) is 10.6 Å². The van der Waals surface area contributed by atoms with Gasteiger partial charge < -0.3 is 20.1 Å². The average molecular weight is 516 g/mol. The Morgan fingerprint density at radius 2 is 1.69 bits per heavy atom. The molecule has 0 aliphatic carbocycles. The van der Waals surface area contributed by atoms with Gasteiger partial charge in [0, 0.05) is 24.7 Å². The van der Waals surface area contributed by atoms with Crippen molar-refractivity contribution in [2.75, 3.05) is 19.9 Å². The van der Waals surface area contributed by atoms with Crippen LogP contribution in [0.4, 0.5) is 0 Å². The smallest absolute Gasteiger partial charge is 0.252 e. The number of fused-ring (bicyclic) bond motifs is 1. The molecule has 0 saturated carbocycles. The van der Waals surface area contributed by atoms with Crippen LogP contribution in [0.1, 0.15) is 49.0 Å². The first kappa shape index (κ1) is 26.0. The minimum atomic E-state index is -3.62. The third kappa shape index (κ3) is 5.65. The molecule has 9 nitrogen and oxygen atoms in total. The molecule has 1 fully saturated rings. The molecule has 2 atom stereocenters. The van der Waals surface area contributed by atoms with E-state index in [-0.39, 0.29) is 42.6 Å². The molecular weight excluding hydrogens is 482 g/mol. The second-order valence-corrected chi connectivity index (χ2v) is 11.3. The summed E-state index contributed by atoms with van der Waals surface area (Å²) in [6.45, 7) is 6.43. The van der Waals surface area contributed by atoms with Gasteiger partial charge in [0.05, 0.1) is 4.90 Å². The van der Waals surface area contributed by atoms with E-state index in [1.54, 1.807) is 42.5 Å². The Balaban J connectivity index is 1.48. The predicted molar refractivity (Wildman–Crippen MR) is 134 cm³/mol. The van der Waals surface area contributed by atoms with Crippen LogP contribution < -0.4 is 20.1 Å². The molecule has 0 spiro atoms. The van der Waals surface area contributed by atoms with E-state index in [1.165, 1.54) is 4.31 Å². The summed E-state index contributed by atoms with van der Waals surface area (Å²) in [6, 6.07) is 10.8. The third-order valence-corrected chi connectivity index (χ3v) is 8.75. The first-order chi connectivity index (χ1) is 17.2. The number of hydrogen-bond acceptors (Lipinski definition) is 6. The number of ether oxygens (including phenoxy) is 2. The monoisotopic (exact) mass is 515 g/mol. The Labute approximate surface area is 212 Å². The summed E-state index contributed by atoms with van der Waals surface area (Å²) >= 11 is 0. The van der Waals surface area contributed by atoms with Crippen LogP contribution in [-0.4, -0.2) is 56.5 Å². The summed E-state index contributed by atoms with van der Waals surface area (Å²) in [7, 11) is -3.62. The molecule has 4 rings (SSSR count). The van der Waals surface area contributed by atoms with E-state index in [0.29, 0.717) is 29.9 Å².